The molecule has 4 aromatic rings. The first-order valence-electron chi connectivity index (χ1n) is 11.5. The molecule has 1 spiro atoms. The van der Waals surface area contributed by atoms with Crippen LogP contribution in [0.2, 0.25) is 10.0 Å². The number of imidazole rings is 1. The van der Waals surface area contributed by atoms with Crippen molar-refractivity contribution in [1.82, 2.24) is 9.38 Å². The van der Waals surface area contributed by atoms with Crippen molar-refractivity contribution < 1.29 is 0 Å². The number of aromatic nitrogens is 2. The Kier molecular flexibility index (Phi) is 4.95. The lowest BCUT2D eigenvalue weighted by atomic mass is 9.73. The Morgan fingerprint density at radius 3 is 2.64 bits per heavy atom. The van der Waals surface area contributed by atoms with Gasteiger partial charge in [0.05, 0.1) is 10.0 Å². The molecule has 168 valence electrons. The Labute approximate surface area is 203 Å². The van der Waals surface area contributed by atoms with E-state index in [2.05, 4.69) is 46.6 Å². The number of hydrogen-bond acceptors (Lipinski definition) is 3. The average molecular weight is 477 g/mol. The predicted octanol–water partition coefficient (Wildman–Crippen LogP) is 6.46. The summed E-state index contributed by atoms with van der Waals surface area (Å²) >= 11 is 12.9. The fraction of sp³-hybridized carbons (Fsp3) is 0.296. The van der Waals surface area contributed by atoms with E-state index >= 15 is 0 Å². The van der Waals surface area contributed by atoms with Crippen LogP contribution in [0.3, 0.4) is 0 Å². The molecule has 33 heavy (non-hydrogen) atoms. The van der Waals surface area contributed by atoms with E-state index < -0.39 is 0 Å². The first-order chi connectivity index (χ1) is 16.0. The van der Waals surface area contributed by atoms with Crippen LogP contribution in [0, 0.1) is 12.3 Å². The molecule has 2 aliphatic rings. The standard InChI is InChI=1S/C27H26Cl2N4/c1-17-15-22(33-14-11-31-26(33)23(17)20-7-4-8-21(28)24(20)29)32-12-9-27(10-13-32)16-18-5-2-3-6-19(18)25(27)30/h2-8,11,14-15,25H,9-10,12-13,16,30H2,1H3/t25-/m1/s1. The Hall–Kier alpha value is -2.53. The number of nitrogens with two attached hydrogens (primary N) is 1. The van der Waals surface area contributed by atoms with Crippen LogP contribution >= 0.6 is 23.2 Å². The van der Waals surface area contributed by atoms with E-state index in [1.807, 2.05) is 30.6 Å². The van der Waals surface area contributed by atoms with Gasteiger partial charge in [-0.15, -0.1) is 0 Å². The molecule has 6 rings (SSSR count). The summed E-state index contributed by atoms with van der Waals surface area (Å²) in [7, 11) is 0. The molecule has 0 radical (unpaired) electrons. The highest BCUT2D eigenvalue weighted by Crippen LogP contribution is 2.51. The van der Waals surface area contributed by atoms with Gasteiger partial charge in [0.2, 0.25) is 0 Å². The summed E-state index contributed by atoms with van der Waals surface area (Å²) in [4.78, 5) is 7.18. The zero-order valence-electron chi connectivity index (χ0n) is 18.6. The van der Waals surface area contributed by atoms with Crippen LogP contribution in [-0.2, 0) is 6.42 Å². The van der Waals surface area contributed by atoms with Crippen molar-refractivity contribution in [3.63, 3.8) is 0 Å². The second kappa shape index (κ2) is 7.76. The van der Waals surface area contributed by atoms with E-state index in [-0.39, 0.29) is 11.5 Å². The molecule has 0 bridgehead atoms. The number of piperidine rings is 1. The van der Waals surface area contributed by atoms with Gasteiger partial charge in [0, 0.05) is 42.7 Å². The van der Waals surface area contributed by atoms with E-state index in [4.69, 9.17) is 33.9 Å². The van der Waals surface area contributed by atoms with E-state index in [0.29, 0.717) is 10.0 Å². The third kappa shape index (κ3) is 3.19. The number of aryl methyl sites for hydroxylation is 1. The van der Waals surface area contributed by atoms with Crippen LogP contribution in [-0.4, -0.2) is 22.5 Å². The van der Waals surface area contributed by atoms with Gasteiger partial charge in [-0.05, 0) is 60.4 Å². The highest BCUT2D eigenvalue weighted by molar-refractivity contribution is 6.43. The number of nitrogens with zero attached hydrogens (tertiary/aromatic N) is 3. The zero-order valence-corrected chi connectivity index (χ0v) is 20.1. The lowest BCUT2D eigenvalue weighted by molar-refractivity contribution is 0.187. The van der Waals surface area contributed by atoms with Gasteiger partial charge in [-0.2, -0.15) is 0 Å². The van der Waals surface area contributed by atoms with Gasteiger partial charge in [0.25, 0.3) is 0 Å². The van der Waals surface area contributed by atoms with E-state index in [9.17, 15) is 0 Å². The zero-order chi connectivity index (χ0) is 22.7. The van der Waals surface area contributed by atoms with Gasteiger partial charge in [0.1, 0.15) is 11.5 Å². The molecule has 0 unspecified atom stereocenters. The fourth-order valence-corrected chi connectivity index (χ4v) is 6.34. The topological polar surface area (TPSA) is 46.6 Å². The van der Waals surface area contributed by atoms with Gasteiger partial charge < -0.3 is 10.6 Å². The summed E-state index contributed by atoms with van der Waals surface area (Å²) in [5, 5.41) is 1.12. The van der Waals surface area contributed by atoms with Gasteiger partial charge in [-0.1, -0.05) is 59.6 Å². The fourth-order valence-electron chi connectivity index (χ4n) is 5.95. The van der Waals surface area contributed by atoms with Crippen molar-refractivity contribution >= 4 is 34.7 Å². The summed E-state index contributed by atoms with van der Waals surface area (Å²) in [6, 6.07) is 16.8. The Balaban J connectivity index is 1.34. The van der Waals surface area contributed by atoms with Gasteiger partial charge in [0.15, 0.2) is 0 Å². The van der Waals surface area contributed by atoms with Crippen molar-refractivity contribution in [2.24, 2.45) is 11.1 Å². The lowest BCUT2D eigenvalue weighted by Crippen LogP contribution is -2.44. The lowest BCUT2D eigenvalue weighted by Gasteiger charge is -2.43. The smallest absolute Gasteiger partial charge is 0.146 e. The molecule has 1 fully saturated rings. The summed E-state index contributed by atoms with van der Waals surface area (Å²) in [6.45, 7) is 4.08. The molecule has 0 amide bonds. The van der Waals surface area contributed by atoms with Crippen molar-refractivity contribution in [2.45, 2.75) is 32.2 Å². The Bertz CT molecular complexity index is 1370. The molecule has 2 aromatic carbocycles. The normalized spacial score (nSPS) is 19.4. The molecule has 1 aliphatic carbocycles. The third-order valence-electron chi connectivity index (χ3n) is 7.75. The molecule has 2 N–H and O–H groups in total. The minimum Gasteiger partial charge on any atom is -0.358 e. The summed E-state index contributed by atoms with van der Waals surface area (Å²) in [5.74, 6) is 1.17. The van der Waals surface area contributed by atoms with Crippen LogP contribution in [0.1, 0.15) is 35.6 Å². The second-order valence-electron chi connectivity index (χ2n) is 9.49. The molecule has 1 aliphatic heterocycles. The molecular weight excluding hydrogens is 451 g/mol. The highest BCUT2D eigenvalue weighted by Gasteiger charge is 2.46. The minimum atomic E-state index is 0.123. The number of pyridine rings is 1. The SMILES string of the molecule is Cc1cc(N2CCC3(CC2)Cc2ccccc2[C@H]3N)n2ccnc2c1-c1cccc(Cl)c1Cl. The summed E-state index contributed by atoms with van der Waals surface area (Å²) in [6.07, 6.45) is 7.15. The summed E-state index contributed by atoms with van der Waals surface area (Å²) < 4.78 is 2.18. The molecule has 1 saturated heterocycles. The van der Waals surface area contributed by atoms with Gasteiger partial charge in [-0.3, -0.25) is 4.40 Å². The monoisotopic (exact) mass is 476 g/mol. The minimum absolute atomic E-state index is 0.123. The molecule has 1 atom stereocenters. The van der Waals surface area contributed by atoms with E-state index in [1.165, 1.54) is 16.9 Å². The number of benzene rings is 2. The van der Waals surface area contributed by atoms with Crippen LogP contribution in [0.5, 0.6) is 0 Å². The van der Waals surface area contributed by atoms with Crippen molar-refractivity contribution in [2.75, 3.05) is 18.0 Å². The number of rotatable bonds is 2. The highest BCUT2D eigenvalue weighted by atomic mass is 35.5. The number of anilines is 1. The first-order valence-corrected chi connectivity index (χ1v) is 12.2. The third-order valence-corrected chi connectivity index (χ3v) is 8.57. The van der Waals surface area contributed by atoms with Crippen LogP contribution in [0.4, 0.5) is 5.82 Å². The number of halogens is 2. The predicted molar refractivity (Wildman–Crippen MR) is 136 cm³/mol. The Morgan fingerprint density at radius 1 is 1.06 bits per heavy atom. The van der Waals surface area contributed by atoms with E-state index in [0.717, 1.165) is 54.7 Å². The number of fused-ring (bicyclic) bond motifs is 2. The van der Waals surface area contributed by atoms with Crippen LogP contribution < -0.4 is 10.6 Å². The average Bonchev–Trinajstić information content (AvgIpc) is 3.40. The van der Waals surface area contributed by atoms with Crippen molar-refractivity contribution in [3.8, 4) is 11.1 Å². The second-order valence-corrected chi connectivity index (χ2v) is 10.3. The quantitative estimate of drug-likeness (QED) is 0.361. The van der Waals surface area contributed by atoms with Crippen LogP contribution in [0.15, 0.2) is 60.9 Å². The van der Waals surface area contributed by atoms with Crippen molar-refractivity contribution in [3.05, 3.63) is 87.7 Å². The largest absolute Gasteiger partial charge is 0.358 e. The maximum atomic E-state index is 6.79. The maximum Gasteiger partial charge on any atom is 0.146 e. The molecule has 3 heterocycles. The molecular formula is C27H26Cl2N4. The molecule has 0 saturated carbocycles. The maximum absolute atomic E-state index is 6.79. The number of hydrogen-bond donors (Lipinski definition) is 1. The van der Waals surface area contributed by atoms with Crippen LogP contribution in [0.25, 0.3) is 16.8 Å². The molecule has 4 nitrogen and oxygen atoms in total. The summed E-state index contributed by atoms with van der Waals surface area (Å²) in [5.41, 5.74) is 13.7. The van der Waals surface area contributed by atoms with Crippen molar-refractivity contribution in [1.29, 1.82) is 0 Å². The Morgan fingerprint density at radius 2 is 1.85 bits per heavy atom. The van der Waals surface area contributed by atoms with Gasteiger partial charge >= 0.3 is 0 Å². The van der Waals surface area contributed by atoms with E-state index in [1.54, 1.807) is 0 Å². The van der Waals surface area contributed by atoms with Gasteiger partial charge in [-0.25, -0.2) is 4.98 Å². The molecule has 6 heteroatoms. The molecule has 2 aromatic heterocycles. The first kappa shape index (κ1) is 21.0.